The number of phenolic OH excluding ortho intramolecular Hbond substituents is 1. The minimum Gasteiger partial charge on any atom is -0.508 e. The van der Waals surface area contributed by atoms with Crippen molar-refractivity contribution in [1.82, 2.24) is 95.0 Å². The Bertz CT molecular complexity index is 5730. The summed E-state index contributed by atoms with van der Waals surface area (Å²) in [5.74, 6) is -26.1. The number of halogens is 2. The first-order valence-corrected chi connectivity index (χ1v) is 48.3. The molecule has 14 atom stereocenters. The van der Waals surface area contributed by atoms with Gasteiger partial charge in [-0.2, -0.15) is 0 Å². The number of hydrogen-bond acceptors (Lipinski definition) is 22. The number of carbonyl (C=O) groups excluding carboxylic acids is 16. The molecule has 0 unspecified atom stereocenters. The number of likely N-dealkylation sites (N-methyl/N-ethyl adjacent to an activating group) is 1. The number of H-pyrrole nitrogens is 1. The lowest BCUT2D eigenvalue weighted by atomic mass is 9.98. The second-order valence-corrected chi connectivity index (χ2v) is 37.3. The summed E-state index contributed by atoms with van der Waals surface area (Å²) in [6.07, 6.45) is -2.61. The van der Waals surface area contributed by atoms with Gasteiger partial charge < -0.3 is 127 Å². The first kappa shape index (κ1) is 115. The number of thioether (sulfide) groups is 1. The van der Waals surface area contributed by atoms with Crippen LogP contribution >= 0.6 is 11.8 Å². The van der Waals surface area contributed by atoms with Gasteiger partial charge in [-0.1, -0.05) is 163 Å². The number of aliphatic hydroxyl groups excluding tert-OH is 1. The summed E-state index contributed by atoms with van der Waals surface area (Å²) in [5.41, 5.74) is 20.2. The average molecular weight is 2030 g/mol. The molecule has 1 aromatic heterocycles. The van der Waals surface area contributed by atoms with Crippen LogP contribution < -0.4 is 102 Å². The number of aromatic hydroxyl groups is 1. The van der Waals surface area contributed by atoms with Gasteiger partial charge in [0.1, 0.15) is 90.3 Å². The fraction of sp³-hybridized carbons (Fsp3) is 0.424. The molecule has 0 saturated carbocycles. The predicted molar refractivity (Wildman–Crippen MR) is 533 cm³/mol. The number of para-hydroxylation sites is 1. The van der Waals surface area contributed by atoms with E-state index >= 15 is 52.3 Å². The molecule has 16 amide bonds. The molecule has 1 fully saturated rings. The summed E-state index contributed by atoms with van der Waals surface area (Å²) in [6.45, 7) is 8.55. The zero-order valence-electron chi connectivity index (χ0n) is 81.5. The summed E-state index contributed by atoms with van der Waals surface area (Å²) in [6, 6.07) is 14.7. The maximum absolute atomic E-state index is 15.6. The summed E-state index contributed by atoms with van der Waals surface area (Å²) in [7, 11) is 1.17. The molecule has 145 heavy (non-hydrogen) atoms. The van der Waals surface area contributed by atoms with Crippen molar-refractivity contribution in [2.75, 3.05) is 44.8 Å². The maximum Gasteiger partial charge on any atom is 0.305 e. The van der Waals surface area contributed by atoms with Crippen LogP contribution in [0, 0.1) is 40.2 Å². The van der Waals surface area contributed by atoms with Crippen molar-refractivity contribution in [2.45, 2.75) is 204 Å². The van der Waals surface area contributed by atoms with Gasteiger partial charge in [0.15, 0.2) is 23.6 Å². The van der Waals surface area contributed by atoms with Gasteiger partial charge in [0.05, 0.1) is 25.3 Å². The third-order valence-electron chi connectivity index (χ3n) is 23.6. The molecule has 0 aliphatic carbocycles. The Kier molecular flexibility index (Phi) is 44.5. The van der Waals surface area contributed by atoms with Crippen LogP contribution in [-0.4, -0.2) is 267 Å². The summed E-state index contributed by atoms with van der Waals surface area (Å²) >= 11 is 0.683. The molecule has 0 radical (unpaired) electrons. The Labute approximate surface area is 839 Å². The number of guanidine groups is 2. The number of hydrogen-bond donors (Lipinski definition) is 25. The molecule has 46 heteroatoms. The summed E-state index contributed by atoms with van der Waals surface area (Å²) in [4.78, 5) is 254. The second-order valence-electron chi connectivity index (χ2n) is 36.2. The predicted octanol–water partition coefficient (Wildman–Crippen LogP) is -0.819. The van der Waals surface area contributed by atoms with Crippen LogP contribution in [0.5, 0.6) is 5.75 Å². The van der Waals surface area contributed by atoms with Gasteiger partial charge in [-0.05, 0) is 126 Å². The van der Waals surface area contributed by atoms with Crippen LogP contribution in [-0.2, 0) is 114 Å². The van der Waals surface area contributed by atoms with Gasteiger partial charge >= 0.3 is 5.97 Å². The number of carboxylic acids is 1. The topological polar surface area (TPSA) is 688 Å². The number of carboxylic acid groups (broad SMARTS) is 1. The van der Waals surface area contributed by atoms with Gasteiger partial charge in [0.2, 0.25) is 94.5 Å². The number of aliphatic carboxylic acids is 1. The Morgan fingerprint density at radius 1 is 0.462 bits per heavy atom. The molecule has 43 nitrogen and oxygen atoms in total. The van der Waals surface area contributed by atoms with Crippen molar-refractivity contribution in [3.63, 3.8) is 0 Å². The highest BCUT2D eigenvalue weighted by molar-refractivity contribution is 8.00. The van der Waals surface area contributed by atoms with Gasteiger partial charge in [-0.3, -0.25) is 92.3 Å². The van der Waals surface area contributed by atoms with E-state index in [1.165, 1.54) is 58.3 Å². The van der Waals surface area contributed by atoms with Gasteiger partial charge in [0, 0.05) is 75.1 Å². The number of primary amides is 1. The van der Waals surface area contributed by atoms with Crippen molar-refractivity contribution in [3.8, 4) is 16.9 Å². The largest absolute Gasteiger partial charge is 0.508 e. The molecule has 6 aromatic carbocycles. The van der Waals surface area contributed by atoms with Gasteiger partial charge in [-0.25, -0.2) is 8.78 Å². The van der Waals surface area contributed by atoms with E-state index in [9.17, 15) is 53.3 Å². The highest BCUT2D eigenvalue weighted by atomic mass is 32.2. The first-order chi connectivity index (χ1) is 68.8. The van der Waals surface area contributed by atoms with Crippen LogP contribution in [0.15, 0.2) is 158 Å². The molecule has 0 bridgehead atoms. The SMILES string of the molecule is CC(C)C[C@@H]1NC(=O)[C@H](CCCNC(=N)N)NC(=O)[C@H](Cc2ccc(F)c(F)c2)NC(=O)[C@H](C)N(C)C(=O)[C@H](CCCNC(=N)N)NC(=O)[C@H](Cc2ccc(-c3ccccc3)cc2)NC(=O)[C@H](C(C)C)NC(=O)[C@H](Cc2c[nH]c3ccccc23)NC(=O)[C@H](CC(=O)O)NC(=O)[C@H](Cc2ccc(O)cc2)NC(=O)[C@H](Cc2ccccc2)NC(=O)CSC[C@@H](C(=O)NCC(N)=O)NC(=O)[C@H](CO)NC(=O)[C@H](C(C)C)NC1=O. The number of nitrogens with one attached hydrogen (secondary N) is 19. The van der Waals surface area contributed by atoms with Gasteiger partial charge in [-0.15, -0.1) is 11.8 Å². The number of aromatic nitrogens is 1. The lowest BCUT2D eigenvalue weighted by Gasteiger charge is -2.32. The van der Waals surface area contributed by atoms with E-state index in [4.69, 9.17) is 28.0 Å². The highest BCUT2D eigenvalue weighted by Crippen LogP contribution is 2.25. The molecule has 0 spiro atoms. The van der Waals surface area contributed by atoms with Crippen LogP contribution in [0.25, 0.3) is 22.0 Å². The van der Waals surface area contributed by atoms with E-state index in [0.717, 1.165) is 34.2 Å². The van der Waals surface area contributed by atoms with E-state index in [2.05, 4.69) is 90.1 Å². The zero-order valence-corrected chi connectivity index (χ0v) is 82.3. The van der Waals surface area contributed by atoms with E-state index in [1.807, 2.05) is 30.3 Å². The summed E-state index contributed by atoms with van der Waals surface area (Å²) in [5, 5.41) is 89.0. The third kappa shape index (κ3) is 36.7. The molecule has 7 aromatic rings. The monoisotopic (exact) mass is 2030 g/mol. The third-order valence-corrected chi connectivity index (χ3v) is 24.7. The smallest absolute Gasteiger partial charge is 0.305 e. The van der Waals surface area contributed by atoms with Crippen LogP contribution in [0.1, 0.15) is 115 Å². The molecule has 780 valence electrons. The Morgan fingerprint density at radius 2 is 0.883 bits per heavy atom. The van der Waals surface area contributed by atoms with E-state index < -0.39 is 277 Å². The zero-order chi connectivity index (χ0) is 106. The number of amides is 16. The number of benzene rings is 6. The van der Waals surface area contributed by atoms with Crippen LogP contribution in [0.2, 0.25) is 0 Å². The van der Waals surface area contributed by atoms with Gasteiger partial charge in [0.25, 0.3) is 0 Å². The molecule has 28 N–H and O–H groups in total. The highest BCUT2D eigenvalue weighted by Gasteiger charge is 2.41. The quantitative estimate of drug-likeness (QED) is 0.0155. The number of fused-ring (bicyclic) bond motifs is 1. The van der Waals surface area contributed by atoms with Crippen molar-refractivity contribution >= 4 is 135 Å². The number of phenols is 1. The van der Waals surface area contributed by atoms with Crippen LogP contribution in [0.4, 0.5) is 8.78 Å². The lowest BCUT2D eigenvalue weighted by molar-refractivity contribution is -0.142. The molecular weight excluding hydrogens is 1900 g/mol. The number of carbonyl (C=O) groups is 17. The number of nitrogens with zero attached hydrogens (tertiary/aromatic N) is 1. The number of nitrogens with two attached hydrogens (primary N) is 3. The second kappa shape index (κ2) is 56.3. The number of aromatic amines is 1. The molecule has 1 saturated heterocycles. The number of aliphatic hydroxyl groups is 1. The normalized spacial score (nSPS) is 22.2. The van der Waals surface area contributed by atoms with E-state index in [1.54, 1.807) is 107 Å². The lowest BCUT2D eigenvalue weighted by Crippen LogP contribution is -2.62. The fourth-order valence-electron chi connectivity index (χ4n) is 15.6. The summed E-state index contributed by atoms with van der Waals surface area (Å²) < 4.78 is 29.9. The molecular formula is C99H129F2N23O20S. The van der Waals surface area contributed by atoms with Crippen LogP contribution in [0.3, 0.4) is 0 Å². The average Bonchev–Trinajstić information content (AvgIpc) is 1.73. The van der Waals surface area contributed by atoms with E-state index in [-0.39, 0.29) is 74.9 Å². The van der Waals surface area contributed by atoms with Crippen molar-refractivity contribution in [1.29, 1.82) is 10.8 Å². The van der Waals surface area contributed by atoms with Crippen molar-refractivity contribution < 1.29 is 106 Å². The Hall–Kier alpha value is -15.6. The number of rotatable bonds is 29. The van der Waals surface area contributed by atoms with E-state index in [0.29, 0.717) is 39.4 Å². The molecule has 2 heterocycles. The Morgan fingerprint density at radius 3 is 1.41 bits per heavy atom. The molecule has 8 rings (SSSR count). The minimum atomic E-state index is -2.11. The Balaban J connectivity index is 1.24. The maximum atomic E-state index is 15.6. The first-order valence-electron chi connectivity index (χ1n) is 47.1. The van der Waals surface area contributed by atoms with Crippen molar-refractivity contribution in [2.24, 2.45) is 35.0 Å². The minimum absolute atomic E-state index is 0.0307. The molecule has 1 aliphatic rings. The molecule has 1 aliphatic heterocycles. The fourth-order valence-corrected chi connectivity index (χ4v) is 16.5. The van der Waals surface area contributed by atoms with Crippen molar-refractivity contribution in [3.05, 3.63) is 197 Å². The standard InChI is InChI=1S/C99H129F2N23O20S/c1-52(2)39-70-92(139)122-83(54(5)6)96(143)120-77(49-125)94(141)121-78(85(132)110-48-79(102)127)50-145-51-80(128)111-71(41-56-19-11-9-12-20-56)87(134)116-72(43-58-29-34-63(126)35-30-58)90(137)118-76(46-81(129)130)91(138)117-75(45-62-47-109-67-24-16-15-23-64(62)67)93(140)123-82(53(3)4)95(142)119-73(42-57-27-32-61(33-28-57)60-21-13-10-14-22-60)89(136)113-69(26-18-38-108-99(105)106)97(144)124(8)55(7)84(131)114-74(44-59-31-36-65(100)66(101)40-59)88(135)112-68(86(133)115-70)25-17-37-107-98(103)104/h9-16,19-24,27-36,40,47,52-55,68-78,82-83,109,125-126H,17-18,25-26,37-39,41-46,48-51H2,1-8H3,(H2,102,127)(H,110,132)(H,111,128)(H,112,135)(H,113,136)(H,114,131)(H,115,133)(H,116,134)(H,117,138)(H,118,137)(H,119,142)(H,120,143)(H,121,141)(H,122,139)(H,123,140)(H,129,130)(H4,103,104,107)(H4,105,106,108)/t55-,68-,69-,70-,71-,72-,73-,74-,75-,76-,77-,78-,82-,83-/m0/s1.